The van der Waals surface area contributed by atoms with Crippen molar-refractivity contribution in [3.63, 3.8) is 0 Å². The highest BCUT2D eigenvalue weighted by atomic mass is 16.6. The number of amides is 1. The third kappa shape index (κ3) is 3.47. The number of carbonyl (C=O) groups is 1. The Morgan fingerprint density at radius 1 is 1.07 bits per heavy atom. The quantitative estimate of drug-likeness (QED) is 0.466. The third-order valence-corrected chi connectivity index (χ3v) is 5.19. The molecular weight excluding hydrogens is 388 g/mol. The number of carbonyl (C=O) groups excluding carboxylic acids is 1. The number of hydrogen-bond acceptors (Lipinski definition) is 6. The Kier molecular flexibility index (Phi) is 5.14. The van der Waals surface area contributed by atoms with Gasteiger partial charge < -0.3 is 18.8 Å². The molecule has 1 aliphatic rings. The molecule has 0 bridgehead atoms. The standard InChI is InChI=1S/C22H20N2O6/c1-28-20-11-14-9-10-23(13-15(14)12-21(20)29-2)22(25)19-8-7-18(30-19)16-5-3-4-6-17(16)24(26)27/h3-8,11-12H,9-10,13H2,1-2H3. The van der Waals surface area contributed by atoms with Gasteiger partial charge in [-0.2, -0.15) is 0 Å². The SMILES string of the molecule is COc1cc2c(cc1OC)CN(C(=O)c1ccc(-c3ccccc3[N+](=O)[O-])o1)CC2. The summed E-state index contributed by atoms with van der Waals surface area (Å²) < 4.78 is 16.4. The van der Waals surface area contributed by atoms with Crippen molar-refractivity contribution in [2.24, 2.45) is 0 Å². The first kappa shape index (κ1) is 19.5. The molecule has 1 aromatic heterocycles. The second-order valence-electron chi connectivity index (χ2n) is 6.89. The van der Waals surface area contributed by atoms with Crippen molar-refractivity contribution in [2.45, 2.75) is 13.0 Å². The fourth-order valence-corrected chi connectivity index (χ4v) is 3.65. The largest absolute Gasteiger partial charge is 0.493 e. The number of nitrogens with zero attached hydrogens (tertiary/aromatic N) is 2. The number of methoxy groups -OCH3 is 2. The second kappa shape index (κ2) is 7.90. The minimum absolute atomic E-state index is 0.0706. The van der Waals surface area contributed by atoms with E-state index >= 15 is 0 Å². The van der Waals surface area contributed by atoms with Gasteiger partial charge in [0.2, 0.25) is 0 Å². The van der Waals surface area contributed by atoms with Crippen LogP contribution in [0, 0.1) is 10.1 Å². The number of rotatable bonds is 5. The van der Waals surface area contributed by atoms with E-state index in [0.717, 1.165) is 11.1 Å². The topological polar surface area (TPSA) is 95.0 Å². The maximum Gasteiger partial charge on any atom is 0.289 e. The molecule has 0 fully saturated rings. The molecule has 0 radical (unpaired) electrons. The fraction of sp³-hybridized carbons (Fsp3) is 0.227. The van der Waals surface area contributed by atoms with Crippen molar-refractivity contribution in [1.29, 1.82) is 0 Å². The third-order valence-electron chi connectivity index (χ3n) is 5.19. The Hall–Kier alpha value is -3.81. The van der Waals surface area contributed by atoms with Crippen LogP contribution in [0.15, 0.2) is 52.9 Å². The van der Waals surface area contributed by atoms with Crippen LogP contribution in [0.1, 0.15) is 21.7 Å². The zero-order valence-electron chi connectivity index (χ0n) is 16.6. The van der Waals surface area contributed by atoms with Gasteiger partial charge >= 0.3 is 0 Å². The van der Waals surface area contributed by atoms with Gasteiger partial charge in [0.25, 0.3) is 11.6 Å². The highest BCUT2D eigenvalue weighted by Gasteiger charge is 2.26. The summed E-state index contributed by atoms with van der Waals surface area (Å²) in [7, 11) is 3.16. The number of hydrogen-bond donors (Lipinski definition) is 0. The Morgan fingerprint density at radius 2 is 1.77 bits per heavy atom. The Labute approximate surface area is 172 Å². The highest BCUT2D eigenvalue weighted by Crippen LogP contribution is 2.34. The predicted molar refractivity (Wildman–Crippen MR) is 109 cm³/mol. The zero-order chi connectivity index (χ0) is 21.3. The first-order valence-electron chi connectivity index (χ1n) is 9.38. The van der Waals surface area contributed by atoms with Crippen LogP contribution in [0.4, 0.5) is 5.69 Å². The lowest BCUT2D eigenvalue weighted by Crippen LogP contribution is -2.35. The van der Waals surface area contributed by atoms with E-state index in [2.05, 4.69) is 0 Å². The van der Waals surface area contributed by atoms with E-state index in [4.69, 9.17) is 13.9 Å². The van der Waals surface area contributed by atoms with Crippen LogP contribution in [0.25, 0.3) is 11.3 Å². The first-order chi connectivity index (χ1) is 14.5. The van der Waals surface area contributed by atoms with E-state index in [-0.39, 0.29) is 23.1 Å². The van der Waals surface area contributed by atoms with E-state index in [1.165, 1.54) is 6.07 Å². The van der Waals surface area contributed by atoms with Gasteiger partial charge in [-0.05, 0) is 47.9 Å². The molecule has 3 aromatic rings. The number of para-hydroxylation sites is 1. The molecule has 154 valence electrons. The van der Waals surface area contributed by atoms with Gasteiger partial charge in [0.15, 0.2) is 17.3 Å². The van der Waals surface area contributed by atoms with Crippen LogP contribution in [-0.4, -0.2) is 36.5 Å². The smallest absolute Gasteiger partial charge is 0.289 e. The molecule has 4 rings (SSSR count). The Bertz CT molecular complexity index is 1120. The molecule has 1 aliphatic heterocycles. The maximum absolute atomic E-state index is 13.0. The summed E-state index contributed by atoms with van der Waals surface area (Å²) in [5.74, 6) is 1.44. The fourth-order valence-electron chi connectivity index (χ4n) is 3.65. The summed E-state index contributed by atoms with van der Waals surface area (Å²) in [5, 5.41) is 11.3. The number of benzene rings is 2. The second-order valence-corrected chi connectivity index (χ2v) is 6.89. The van der Waals surface area contributed by atoms with Gasteiger partial charge in [-0.15, -0.1) is 0 Å². The van der Waals surface area contributed by atoms with Crippen molar-refractivity contribution in [1.82, 2.24) is 4.90 Å². The molecule has 0 unspecified atom stereocenters. The number of nitro groups is 1. The van der Waals surface area contributed by atoms with Crippen molar-refractivity contribution in [3.8, 4) is 22.8 Å². The van der Waals surface area contributed by atoms with Crippen LogP contribution in [0.2, 0.25) is 0 Å². The molecule has 0 N–H and O–H groups in total. The molecule has 0 atom stereocenters. The maximum atomic E-state index is 13.0. The summed E-state index contributed by atoms with van der Waals surface area (Å²) in [6, 6.07) is 13.2. The number of fused-ring (bicyclic) bond motifs is 1. The van der Waals surface area contributed by atoms with E-state index in [9.17, 15) is 14.9 Å². The van der Waals surface area contributed by atoms with E-state index < -0.39 is 4.92 Å². The van der Waals surface area contributed by atoms with E-state index in [1.54, 1.807) is 49.5 Å². The van der Waals surface area contributed by atoms with Gasteiger partial charge in [0, 0.05) is 19.2 Å². The molecule has 0 spiro atoms. The highest BCUT2D eigenvalue weighted by molar-refractivity contribution is 5.92. The van der Waals surface area contributed by atoms with Crippen molar-refractivity contribution < 1.29 is 23.6 Å². The summed E-state index contributed by atoms with van der Waals surface area (Å²) in [4.78, 5) is 25.5. The number of furan rings is 1. The molecule has 2 aromatic carbocycles. The Balaban J connectivity index is 1.58. The van der Waals surface area contributed by atoms with Crippen LogP contribution in [-0.2, 0) is 13.0 Å². The van der Waals surface area contributed by atoms with E-state index in [0.29, 0.717) is 36.6 Å². The molecule has 1 amide bonds. The van der Waals surface area contributed by atoms with Crippen molar-refractivity contribution in [3.05, 3.63) is 75.5 Å². The average molecular weight is 408 g/mol. The molecule has 8 nitrogen and oxygen atoms in total. The normalized spacial score (nSPS) is 12.9. The monoisotopic (exact) mass is 408 g/mol. The lowest BCUT2D eigenvalue weighted by atomic mass is 9.98. The lowest BCUT2D eigenvalue weighted by Gasteiger charge is -2.29. The summed E-state index contributed by atoms with van der Waals surface area (Å²) in [5.41, 5.74) is 2.36. The zero-order valence-corrected chi connectivity index (χ0v) is 16.6. The van der Waals surface area contributed by atoms with Crippen LogP contribution >= 0.6 is 0 Å². The van der Waals surface area contributed by atoms with E-state index in [1.807, 2.05) is 12.1 Å². The van der Waals surface area contributed by atoms with Crippen LogP contribution in [0.3, 0.4) is 0 Å². The molecule has 0 saturated carbocycles. The minimum Gasteiger partial charge on any atom is -0.493 e. The summed E-state index contributed by atoms with van der Waals surface area (Å²) in [6.45, 7) is 0.943. The van der Waals surface area contributed by atoms with Crippen molar-refractivity contribution in [2.75, 3.05) is 20.8 Å². The minimum atomic E-state index is -0.470. The lowest BCUT2D eigenvalue weighted by molar-refractivity contribution is -0.384. The number of nitro benzene ring substituents is 1. The molecule has 0 aliphatic carbocycles. The van der Waals surface area contributed by atoms with Gasteiger partial charge in [-0.1, -0.05) is 12.1 Å². The van der Waals surface area contributed by atoms with Gasteiger partial charge in [-0.3, -0.25) is 14.9 Å². The predicted octanol–water partition coefficient (Wildman–Crippen LogP) is 4.07. The summed E-state index contributed by atoms with van der Waals surface area (Å²) >= 11 is 0. The molecule has 30 heavy (non-hydrogen) atoms. The summed E-state index contributed by atoms with van der Waals surface area (Å²) in [6.07, 6.45) is 0.680. The molecule has 8 heteroatoms. The van der Waals surface area contributed by atoms with Gasteiger partial charge in [0.1, 0.15) is 5.76 Å². The number of ether oxygens (including phenoxy) is 2. The molecule has 2 heterocycles. The first-order valence-corrected chi connectivity index (χ1v) is 9.38. The molecular formula is C22H20N2O6. The molecule has 0 saturated heterocycles. The van der Waals surface area contributed by atoms with Gasteiger partial charge in [0.05, 0.1) is 24.7 Å². The van der Waals surface area contributed by atoms with Crippen LogP contribution < -0.4 is 9.47 Å². The van der Waals surface area contributed by atoms with Crippen molar-refractivity contribution >= 4 is 11.6 Å². The van der Waals surface area contributed by atoms with Gasteiger partial charge in [-0.25, -0.2) is 0 Å². The average Bonchev–Trinajstić information content (AvgIpc) is 3.27. The van der Waals surface area contributed by atoms with Crippen LogP contribution in [0.5, 0.6) is 11.5 Å². The Morgan fingerprint density at radius 3 is 2.47 bits per heavy atom.